The molecule has 0 bridgehead atoms. The quantitative estimate of drug-likeness (QED) is 0.369. The minimum atomic E-state index is -0.0250. The summed E-state index contributed by atoms with van der Waals surface area (Å²) < 4.78 is 11.0. The van der Waals surface area contributed by atoms with Gasteiger partial charge in [-0.2, -0.15) is 0 Å². The molecule has 0 spiro atoms. The van der Waals surface area contributed by atoms with Crippen LogP contribution >= 0.6 is 0 Å². The highest BCUT2D eigenvalue weighted by Crippen LogP contribution is 2.16. The summed E-state index contributed by atoms with van der Waals surface area (Å²) >= 11 is 0. The number of hydrogen-bond acceptors (Lipinski definition) is 5. The second kappa shape index (κ2) is 11.8. The second-order valence-corrected chi connectivity index (χ2v) is 7.77. The van der Waals surface area contributed by atoms with Gasteiger partial charge in [-0.05, 0) is 41.0 Å². The van der Waals surface area contributed by atoms with Crippen molar-refractivity contribution in [3.05, 3.63) is 102 Å². The number of oxime groups is 1. The van der Waals surface area contributed by atoms with Crippen molar-refractivity contribution in [2.24, 2.45) is 5.16 Å². The number of morpholine rings is 1. The van der Waals surface area contributed by atoms with Crippen molar-refractivity contribution in [1.29, 1.82) is 0 Å². The first kappa shape index (κ1) is 22.6. The first-order valence-corrected chi connectivity index (χ1v) is 11.1. The molecular formula is C27H28N2O4. The summed E-state index contributed by atoms with van der Waals surface area (Å²) in [5.41, 5.74) is 3.98. The Labute approximate surface area is 194 Å². The Balaban J connectivity index is 1.40. The van der Waals surface area contributed by atoms with E-state index in [1.165, 1.54) is 0 Å². The van der Waals surface area contributed by atoms with Crippen LogP contribution in [0.4, 0.5) is 0 Å². The second-order valence-electron chi connectivity index (χ2n) is 7.77. The van der Waals surface area contributed by atoms with Crippen LogP contribution in [0.15, 0.2) is 90.1 Å². The lowest BCUT2D eigenvalue weighted by Gasteiger charge is -2.26. The maximum Gasteiger partial charge on any atom is 0.260 e. The highest BCUT2D eigenvalue weighted by molar-refractivity contribution is 6.01. The molecule has 33 heavy (non-hydrogen) atoms. The zero-order valence-corrected chi connectivity index (χ0v) is 18.6. The van der Waals surface area contributed by atoms with Gasteiger partial charge in [0.05, 0.1) is 18.9 Å². The van der Waals surface area contributed by atoms with E-state index >= 15 is 0 Å². The standard InChI is InChI=1S/C27H28N2O4/c30-27(29-15-17-31-18-16-29)21-32-25-13-11-24(12-14-25)26(19-22-7-3-1-4-8-22)28-33-20-23-9-5-2-6-10-23/h1-14H,15-21H2/b28-26+. The van der Waals surface area contributed by atoms with E-state index in [4.69, 9.17) is 14.3 Å². The van der Waals surface area contributed by atoms with Crippen LogP contribution in [0, 0.1) is 0 Å². The number of nitrogens with zero attached hydrogens (tertiary/aromatic N) is 2. The van der Waals surface area contributed by atoms with Gasteiger partial charge in [0, 0.05) is 19.5 Å². The Morgan fingerprint density at radius 3 is 2.15 bits per heavy atom. The molecule has 0 unspecified atom stereocenters. The van der Waals surface area contributed by atoms with Crippen LogP contribution in [0.5, 0.6) is 5.75 Å². The fourth-order valence-electron chi connectivity index (χ4n) is 3.53. The van der Waals surface area contributed by atoms with Gasteiger partial charge in [0.1, 0.15) is 12.4 Å². The molecule has 0 aliphatic carbocycles. The van der Waals surface area contributed by atoms with E-state index in [-0.39, 0.29) is 12.5 Å². The third-order valence-corrected chi connectivity index (χ3v) is 5.38. The summed E-state index contributed by atoms with van der Waals surface area (Å²) in [5, 5.41) is 4.45. The Kier molecular flexibility index (Phi) is 8.08. The molecule has 0 radical (unpaired) electrons. The van der Waals surface area contributed by atoms with Gasteiger partial charge in [0.2, 0.25) is 0 Å². The first-order chi connectivity index (χ1) is 16.3. The summed E-state index contributed by atoms with van der Waals surface area (Å²) in [6.45, 7) is 2.81. The molecule has 170 valence electrons. The number of carbonyl (C=O) groups is 1. The van der Waals surface area contributed by atoms with Gasteiger partial charge in [-0.1, -0.05) is 65.8 Å². The van der Waals surface area contributed by atoms with Crippen LogP contribution in [-0.2, 0) is 27.4 Å². The average Bonchev–Trinajstić information content (AvgIpc) is 2.89. The van der Waals surface area contributed by atoms with Crippen molar-refractivity contribution in [2.75, 3.05) is 32.9 Å². The topological polar surface area (TPSA) is 60.4 Å². The summed E-state index contributed by atoms with van der Waals surface area (Å²) in [4.78, 5) is 19.7. The lowest BCUT2D eigenvalue weighted by molar-refractivity contribution is -0.137. The normalized spacial score (nSPS) is 14.1. The first-order valence-electron chi connectivity index (χ1n) is 11.1. The number of hydrogen-bond donors (Lipinski definition) is 0. The molecule has 6 nitrogen and oxygen atoms in total. The van der Waals surface area contributed by atoms with Gasteiger partial charge >= 0.3 is 0 Å². The van der Waals surface area contributed by atoms with E-state index in [1.54, 1.807) is 4.90 Å². The SMILES string of the molecule is O=C(COc1ccc(/C(Cc2ccccc2)=N/OCc2ccccc2)cc1)N1CCOCC1. The van der Waals surface area contributed by atoms with E-state index in [9.17, 15) is 4.79 Å². The largest absolute Gasteiger partial charge is 0.484 e. The molecular weight excluding hydrogens is 416 g/mol. The van der Waals surface area contributed by atoms with Gasteiger partial charge < -0.3 is 19.2 Å². The Bertz CT molecular complexity index is 1030. The van der Waals surface area contributed by atoms with Gasteiger partial charge in [0.25, 0.3) is 5.91 Å². The zero-order chi connectivity index (χ0) is 22.7. The van der Waals surface area contributed by atoms with E-state index in [0.717, 1.165) is 22.4 Å². The van der Waals surface area contributed by atoms with Crippen LogP contribution in [0.3, 0.4) is 0 Å². The van der Waals surface area contributed by atoms with Crippen LogP contribution in [0.2, 0.25) is 0 Å². The van der Waals surface area contributed by atoms with Gasteiger partial charge in [-0.15, -0.1) is 0 Å². The van der Waals surface area contributed by atoms with E-state index < -0.39 is 0 Å². The van der Waals surface area contributed by atoms with Crippen molar-refractivity contribution in [3.8, 4) is 5.75 Å². The predicted molar refractivity (Wildman–Crippen MR) is 127 cm³/mol. The third-order valence-electron chi connectivity index (χ3n) is 5.38. The molecule has 0 saturated carbocycles. The number of amides is 1. The third kappa shape index (κ3) is 6.92. The minimum absolute atomic E-state index is 0.0183. The maximum absolute atomic E-state index is 12.3. The zero-order valence-electron chi connectivity index (χ0n) is 18.6. The molecule has 0 N–H and O–H groups in total. The summed E-state index contributed by atoms with van der Waals surface area (Å²) in [6.07, 6.45) is 0.644. The molecule has 6 heteroatoms. The minimum Gasteiger partial charge on any atom is -0.484 e. The van der Waals surface area contributed by atoms with Gasteiger partial charge in [-0.25, -0.2) is 0 Å². The fourth-order valence-corrected chi connectivity index (χ4v) is 3.53. The fraction of sp³-hybridized carbons (Fsp3) is 0.259. The van der Waals surface area contributed by atoms with Crippen molar-refractivity contribution in [3.63, 3.8) is 0 Å². The van der Waals surface area contributed by atoms with Crippen molar-refractivity contribution in [1.82, 2.24) is 4.90 Å². The molecule has 3 aromatic carbocycles. The molecule has 1 heterocycles. The van der Waals surface area contributed by atoms with Gasteiger partial charge in [0.15, 0.2) is 6.61 Å². The lowest BCUT2D eigenvalue weighted by Crippen LogP contribution is -2.42. The molecule has 1 amide bonds. The lowest BCUT2D eigenvalue weighted by atomic mass is 10.0. The van der Waals surface area contributed by atoms with Crippen LogP contribution < -0.4 is 4.74 Å². The molecule has 1 aliphatic heterocycles. The predicted octanol–water partition coefficient (Wildman–Crippen LogP) is 4.09. The monoisotopic (exact) mass is 444 g/mol. The van der Waals surface area contributed by atoms with Crippen molar-refractivity contribution < 1.29 is 19.1 Å². The van der Waals surface area contributed by atoms with Crippen LogP contribution in [0.25, 0.3) is 0 Å². The van der Waals surface area contributed by atoms with Crippen molar-refractivity contribution in [2.45, 2.75) is 13.0 Å². The molecule has 1 aliphatic rings. The average molecular weight is 445 g/mol. The maximum atomic E-state index is 12.3. The molecule has 0 aromatic heterocycles. The Morgan fingerprint density at radius 1 is 0.848 bits per heavy atom. The molecule has 4 rings (SSSR count). The number of ether oxygens (including phenoxy) is 2. The van der Waals surface area contributed by atoms with E-state index in [0.29, 0.717) is 45.1 Å². The summed E-state index contributed by atoms with van der Waals surface area (Å²) in [7, 11) is 0. The van der Waals surface area contributed by atoms with E-state index in [2.05, 4.69) is 17.3 Å². The Hall–Kier alpha value is -3.64. The summed E-state index contributed by atoms with van der Waals surface area (Å²) in [6, 6.07) is 27.7. The van der Waals surface area contributed by atoms with E-state index in [1.807, 2.05) is 72.8 Å². The highest BCUT2D eigenvalue weighted by Gasteiger charge is 2.17. The number of carbonyl (C=O) groups excluding carboxylic acids is 1. The molecule has 0 atom stereocenters. The Morgan fingerprint density at radius 2 is 1.48 bits per heavy atom. The number of benzene rings is 3. The van der Waals surface area contributed by atoms with Gasteiger partial charge in [-0.3, -0.25) is 4.79 Å². The number of rotatable bonds is 9. The summed E-state index contributed by atoms with van der Waals surface area (Å²) in [5.74, 6) is 0.618. The highest BCUT2D eigenvalue weighted by atomic mass is 16.6. The van der Waals surface area contributed by atoms with Crippen LogP contribution in [-0.4, -0.2) is 49.4 Å². The smallest absolute Gasteiger partial charge is 0.260 e. The van der Waals surface area contributed by atoms with Crippen LogP contribution in [0.1, 0.15) is 16.7 Å². The van der Waals surface area contributed by atoms with Crippen molar-refractivity contribution >= 4 is 11.6 Å². The molecule has 3 aromatic rings. The molecule has 1 saturated heterocycles. The molecule has 1 fully saturated rings.